The Kier molecular flexibility index (Phi) is 5.21. The lowest BCUT2D eigenvalue weighted by Gasteiger charge is -2.34. The molecule has 4 aromatic rings. The van der Waals surface area contributed by atoms with Gasteiger partial charge < -0.3 is 19.3 Å². The first kappa shape index (κ1) is 21.0. The summed E-state index contributed by atoms with van der Waals surface area (Å²) in [6.07, 6.45) is 4.79. The maximum absolute atomic E-state index is 13.7. The first-order valence-corrected chi connectivity index (χ1v) is 11.1. The molecule has 2 aliphatic heterocycles. The minimum atomic E-state index is -0.367. The lowest BCUT2D eigenvalue weighted by Crippen LogP contribution is -2.48. The second kappa shape index (κ2) is 8.67. The smallest absolute Gasteiger partial charge is 0.246 e. The molecule has 0 spiro atoms. The van der Waals surface area contributed by atoms with Gasteiger partial charge in [-0.2, -0.15) is 4.68 Å². The first-order valence-electron chi connectivity index (χ1n) is 11.1. The highest BCUT2D eigenvalue weighted by Crippen LogP contribution is 2.32. The van der Waals surface area contributed by atoms with Gasteiger partial charge in [0, 0.05) is 32.3 Å². The molecule has 35 heavy (non-hydrogen) atoms. The van der Waals surface area contributed by atoms with Crippen LogP contribution in [-0.2, 0) is 4.79 Å². The Labute approximate surface area is 199 Å². The maximum atomic E-state index is 13.7. The van der Waals surface area contributed by atoms with Gasteiger partial charge in [0.1, 0.15) is 12.1 Å². The van der Waals surface area contributed by atoms with Gasteiger partial charge in [0.15, 0.2) is 28.5 Å². The number of halogens is 1. The molecule has 1 saturated heterocycles. The molecule has 176 valence electrons. The molecule has 4 heterocycles. The number of nitrogens with zero attached hydrogens (tertiary/aromatic N) is 7. The van der Waals surface area contributed by atoms with Gasteiger partial charge in [-0.05, 0) is 42.0 Å². The summed E-state index contributed by atoms with van der Waals surface area (Å²) in [4.78, 5) is 25.3. The molecular formula is C24H20FN7O3. The fraction of sp³-hybridized carbons (Fsp3) is 0.208. The minimum absolute atomic E-state index is 0.0628. The number of fused-ring (bicyclic) bond motifs is 2. The highest BCUT2D eigenvalue weighted by atomic mass is 19.1. The van der Waals surface area contributed by atoms with Crippen molar-refractivity contribution in [1.82, 2.24) is 29.9 Å². The molecule has 0 radical (unpaired) electrons. The summed E-state index contributed by atoms with van der Waals surface area (Å²) in [5.74, 6) is 1.60. The van der Waals surface area contributed by atoms with Gasteiger partial charge in [0.2, 0.25) is 12.7 Å². The fourth-order valence-corrected chi connectivity index (χ4v) is 4.18. The standard InChI is InChI=1S/C24H20FN7O3/c25-17-2-1-3-18(13-17)32-24-22(28-29-32)23(26-14-27-24)31-10-8-30(9-11-31)21(33)7-5-16-4-6-19-20(12-16)35-15-34-19/h1-7,12-14H,8-11,15H2. The van der Waals surface area contributed by atoms with Gasteiger partial charge in [0.25, 0.3) is 0 Å². The molecule has 2 aromatic carbocycles. The van der Waals surface area contributed by atoms with E-state index < -0.39 is 0 Å². The van der Waals surface area contributed by atoms with E-state index in [9.17, 15) is 9.18 Å². The average Bonchev–Trinajstić information content (AvgIpc) is 3.54. The normalized spacial score (nSPS) is 15.3. The number of carbonyl (C=O) groups excluding carboxylic acids is 1. The molecule has 2 aromatic heterocycles. The lowest BCUT2D eigenvalue weighted by molar-refractivity contribution is -0.126. The van der Waals surface area contributed by atoms with E-state index in [0.29, 0.717) is 60.3 Å². The van der Waals surface area contributed by atoms with Crippen LogP contribution in [0.2, 0.25) is 0 Å². The van der Waals surface area contributed by atoms with Crippen molar-refractivity contribution < 1.29 is 18.7 Å². The molecule has 6 rings (SSSR count). The van der Waals surface area contributed by atoms with Gasteiger partial charge >= 0.3 is 0 Å². The van der Waals surface area contributed by atoms with Gasteiger partial charge in [-0.1, -0.05) is 17.3 Å². The number of benzene rings is 2. The summed E-state index contributed by atoms with van der Waals surface area (Å²) in [5.41, 5.74) is 2.41. The van der Waals surface area contributed by atoms with E-state index in [1.165, 1.54) is 23.1 Å². The van der Waals surface area contributed by atoms with E-state index in [-0.39, 0.29) is 18.5 Å². The zero-order chi connectivity index (χ0) is 23.8. The Bertz CT molecular complexity index is 1450. The number of carbonyl (C=O) groups is 1. The Balaban J connectivity index is 1.15. The number of aromatic nitrogens is 5. The van der Waals surface area contributed by atoms with Crippen molar-refractivity contribution in [3.8, 4) is 17.2 Å². The van der Waals surface area contributed by atoms with Crippen LogP contribution in [0.25, 0.3) is 22.9 Å². The number of hydrogen-bond acceptors (Lipinski definition) is 8. The summed E-state index contributed by atoms with van der Waals surface area (Å²) < 4.78 is 25.9. The molecule has 11 heteroatoms. The van der Waals surface area contributed by atoms with Crippen molar-refractivity contribution in [1.29, 1.82) is 0 Å². The van der Waals surface area contributed by atoms with Crippen LogP contribution in [0.5, 0.6) is 11.5 Å². The Morgan fingerprint density at radius 2 is 1.86 bits per heavy atom. The fourth-order valence-electron chi connectivity index (χ4n) is 4.18. The molecule has 0 N–H and O–H groups in total. The third-order valence-corrected chi connectivity index (χ3v) is 5.98. The van der Waals surface area contributed by atoms with Gasteiger partial charge in [-0.3, -0.25) is 4.79 Å². The van der Waals surface area contributed by atoms with Crippen LogP contribution in [0, 0.1) is 5.82 Å². The largest absolute Gasteiger partial charge is 0.454 e. The molecule has 0 aliphatic carbocycles. The molecule has 10 nitrogen and oxygen atoms in total. The van der Waals surface area contributed by atoms with E-state index in [1.54, 1.807) is 29.2 Å². The zero-order valence-corrected chi connectivity index (χ0v) is 18.5. The second-order valence-electron chi connectivity index (χ2n) is 8.11. The van der Waals surface area contributed by atoms with Crippen LogP contribution in [0.15, 0.2) is 54.9 Å². The second-order valence-corrected chi connectivity index (χ2v) is 8.11. The van der Waals surface area contributed by atoms with Crippen LogP contribution < -0.4 is 14.4 Å². The van der Waals surface area contributed by atoms with E-state index >= 15 is 0 Å². The predicted molar refractivity (Wildman–Crippen MR) is 125 cm³/mol. The summed E-state index contributed by atoms with van der Waals surface area (Å²) in [6.45, 7) is 2.46. The van der Waals surface area contributed by atoms with E-state index in [4.69, 9.17) is 9.47 Å². The van der Waals surface area contributed by atoms with Crippen molar-refractivity contribution in [2.45, 2.75) is 0 Å². The highest BCUT2D eigenvalue weighted by Gasteiger charge is 2.24. The summed E-state index contributed by atoms with van der Waals surface area (Å²) in [6, 6.07) is 11.6. The highest BCUT2D eigenvalue weighted by molar-refractivity contribution is 5.92. The number of ether oxygens (including phenoxy) is 2. The minimum Gasteiger partial charge on any atom is -0.454 e. The Hall–Kier alpha value is -4.54. The van der Waals surface area contributed by atoms with E-state index in [1.807, 2.05) is 18.2 Å². The number of anilines is 1. The Morgan fingerprint density at radius 3 is 2.71 bits per heavy atom. The van der Waals surface area contributed by atoms with Crippen LogP contribution in [0.4, 0.5) is 10.2 Å². The summed E-state index contributed by atoms with van der Waals surface area (Å²) in [7, 11) is 0. The molecule has 0 unspecified atom stereocenters. The van der Waals surface area contributed by atoms with Crippen molar-refractivity contribution in [3.05, 3.63) is 66.2 Å². The number of amides is 1. The number of piperazine rings is 1. The molecule has 0 saturated carbocycles. The van der Waals surface area contributed by atoms with E-state index in [0.717, 1.165) is 5.56 Å². The van der Waals surface area contributed by atoms with Crippen LogP contribution >= 0.6 is 0 Å². The van der Waals surface area contributed by atoms with Crippen LogP contribution in [0.3, 0.4) is 0 Å². The molecular weight excluding hydrogens is 453 g/mol. The topological polar surface area (TPSA) is 98.5 Å². The summed E-state index contributed by atoms with van der Waals surface area (Å²) in [5, 5.41) is 8.42. The quantitative estimate of drug-likeness (QED) is 0.417. The first-order chi connectivity index (χ1) is 17.2. The van der Waals surface area contributed by atoms with Crippen molar-refractivity contribution in [3.63, 3.8) is 0 Å². The van der Waals surface area contributed by atoms with Crippen molar-refractivity contribution in [2.24, 2.45) is 0 Å². The number of rotatable bonds is 4. The van der Waals surface area contributed by atoms with Crippen LogP contribution in [0.1, 0.15) is 5.56 Å². The third kappa shape index (κ3) is 4.01. The molecule has 0 bridgehead atoms. The molecule has 0 atom stereocenters. The zero-order valence-electron chi connectivity index (χ0n) is 18.5. The third-order valence-electron chi connectivity index (χ3n) is 5.98. The summed E-state index contributed by atoms with van der Waals surface area (Å²) >= 11 is 0. The molecule has 1 fully saturated rings. The van der Waals surface area contributed by atoms with Crippen molar-refractivity contribution in [2.75, 3.05) is 37.9 Å². The Morgan fingerprint density at radius 1 is 1.00 bits per heavy atom. The lowest BCUT2D eigenvalue weighted by atomic mass is 10.2. The molecule has 1 amide bonds. The monoisotopic (exact) mass is 473 g/mol. The molecule has 2 aliphatic rings. The van der Waals surface area contributed by atoms with Gasteiger partial charge in [-0.15, -0.1) is 5.10 Å². The SMILES string of the molecule is O=C(C=Cc1ccc2c(c1)OCO2)N1CCN(c2ncnc3c2nnn3-c2cccc(F)c2)CC1. The predicted octanol–water partition coefficient (Wildman–Crippen LogP) is 2.44. The van der Waals surface area contributed by atoms with Crippen molar-refractivity contribution >= 4 is 29.0 Å². The average molecular weight is 473 g/mol. The van der Waals surface area contributed by atoms with E-state index in [2.05, 4.69) is 25.2 Å². The maximum Gasteiger partial charge on any atom is 0.246 e. The van der Waals surface area contributed by atoms with Crippen LogP contribution in [-0.4, -0.2) is 68.7 Å². The van der Waals surface area contributed by atoms with Gasteiger partial charge in [0.05, 0.1) is 5.69 Å². The van der Waals surface area contributed by atoms with Gasteiger partial charge in [-0.25, -0.2) is 14.4 Å². The number of hydrogen-bond donors (Lipinski definition) is 0.